The summed E-state index contributed by atoms with van der Waals surface area (Å²) < 4.78 is 0. The van der Waals surface area contributed by atoms with Gasteiger partial charge in [-0.25, -0.2) is 0 Å². The molecule has 1 amide bonds. The number of aliphatic carboxylic acids is 1. The first kappa shape index (κ1) is 14.7. The molecule has 0 aromatic carbocycles. The first-order valence-corrected chi connectivity index (χ1v) is 8.05. The number of amides is 1. The van der Waals surface area contributed by atoms with Gasteiger partial charge in [0.15, 0.2) is 0 Å². The lowest BCUT2D eigenvalue weighted by Crippen LogP contribution is -2.37. The first-order valence-electron chi connectivity index (χ1n) is 7.00. The Morgan fingerprint density at radius 2 is 1.89 bits per heavy atom. The molecule has 1 saturated heterocycles. The zero-order valence-electron chi connectivity index (χ0n) is 11.1. The van der Waals surface area contributed by atoms with E-state index in [1.165, 1.54) is 0 Å². The first-order chi connectivity index (χ1) is 9.16. The molecule has 2 aliphatic rings. The molecule has 0 spiro atoms. The van der Waals surface area contributed by atoms with Crippen molar-refractivity contribution in [1.82, 2.24) is 10.2 Å². The van der Waals surface area contributed by atoms with Crippen molar-refractivity contribution in [3.63, 3.8) is 0 Å². The van der Waals surface area contributed by atoms with E-state index >= 15 is 0 Å². The van der Waals surface area contributed by atoms with Crippen molar-refractivity contribution >= 4 is 23.6 Å². The predicted octanol–water partition coefficient (Wildman–Crippen LogP) is 0.937. The number of nitrogens with zero attached hydrogens (tertiary/aromatic N) is 1. The Bertz CT molecular complexity index is 328. The summed E-state index contributed by atoms with van der Waals surface area (Å²) in [7, 11) is 0. The number of hydrogen-bond acceptors (Lipinski definition) is 4. The molecular weight excluding hydrogens is 264 g/mol. The van der Waals surface area contributed by atoms with Crippen molar-refractivity contribution in [2.24, 2.45) is 0 Å². The maximum atomic E-state index is 12.2. The molecule has 2 N–H and O–H groups in total. The zero-order chi connectivity index (χ0) is 13.7. The van der Waals surface area contributed by atoms with Crippen molar-refractivity contribution < 1.29 is 14.7 Å². The standard InChI is InChI=1S/C13H22N2O3S/c16-12(9-19-11-3-6-14-7-4-11)15(10-1-2-10)8-5-13(17)18/h10-11,14H,1-9H2,(H,17,18). The Hall–Kier alpha value is -0.750. The molecule has 0 atom stereocenters. The van der Waals surface area contributed by atoms with Crippen molar-refractivity contribution in [3.8, 4) is 0 Å². The highest BCUT2D eigenvalue weighted by Gasteiger charge is 2.32. The average Bonchev–Trinajstić information content (AvgIpc) is 3.22. The summed E-state index contributed by atoms with van der Waals surface area (Å²) in [5.41, 5.74) is 0. The van der Waals surface area contributed by atoms with Crippen LogP contribution in [0.4, 0.5) is 0 Å². The topological polar surface area (TPSA) is 69.6 Å². The van der Waals surface area contributed by atoms with Gasteiger partial charge >= 0.3 is 5.97 Å². The SMILES string of the molecule is O=C(O)CCN(C(=O)CSC1CCNCC1)C1CC1. The summed E-state index contributed by atoms with van der Waals surface area (Å²) in [6.07, 6.45) is 4.36. The Morgan fingerprint density at radius 3 is 2.47 bits per heavy atom. The van der Waals surface area contributed by atoms with Gasteiger partial charge in [-0.05, 0) is 38.8 Å². The lowest BCUT2D eigenvalue weighted by molar-refractivity contribution is -0.138. The van der Waals surface area contributed by atoms with E-state index in [4.69, 9.17) is 5.11 Å². The molecule has 1 aliphatic heterocycles. The molecule has 19 heavy (non-hydrogen) atoms. The maximum absolute atomic E-state index is 12.2. The second-order valence-corrected chi connectivity index (χ2v) is 6.51. The second-order valence-electron chi connectivity index (χ2n) is 5.22. The third-order valence-corrected chi connectivity index (χ3v) is 4.96. The van der Waals surface area contributed by atoms with Crippen LogP contribution >= 0.6 is 11.8 Å². The molecule has 0 aromatic heterocycles. The van der Waals surface area contributed by atoms with Crippen LogP contribution in [-0.2, 0) is 9.59 Å². The van der Waals surface area contributed by atoms with Crippen LogP contribution in [0.2, 0.25) is 0 Å². The molecule has 0 unspecified atom stereocenters. The number of carbonyl (C=O) groups excluding carboxylic acids is 1. The Kier molecular flexibility index (Phi) is 5.51. The lowest BCUT2D eigenvalue weighted by atomic mass is 10.2. The largest absolute Gasteiger partial charge is 0.481 e. The van der Waals surface area contributed by atoms with E-state index < -0.39 is 5.97 Å². The number of carboxylic acids is 1. The monoisotopic (exact) mass is 286 g/mol. The van der Waals surface area contributed by atoms with Gasteiger partial charge in [0.2, 0.25) is 5.91 Å². The molecule has 1 aliphatic carbocycles. The van der Waals surface area contributed by atoms with Crippen molar-refractivity contribution in [2.75, 3.05) is 25.4 Å². The quantitative estimate of drug-likeness (QED) is 0.729. The van der Waals surface area contributed by atoms with Crippen molar-refractivity contribution in [3.05, 3.63) is 0 Å². The van der Waals surface area contributed by atoms with E-state index in [2.05, 4.69) is 5.32 Å². The Morgan fingerprint density at radius 1 is 1.21 bits per heavy atom. The van der Waals surface area contributed by atoms with Gasteiger partial charge in [0.1, 0.15) is 0 Å². The molecule has 108 valence electrons. The van der Waals surface area contributed by atoms with Crippen molar-refractivity contribution in [1.29, 1.82) is 0 Å². The molecule has 2 fully saturated rings. The molecule has 1 heterocycles. The molecule has 6 heteroatoms. The van der Waals surface area contributed by atoms with Gasteiger partial charge in [-0.15, -0.1) is 11.8 Å². The number of hydrogen-bond donors (Lipinski definition) is 2. The van der Waals surface area contributed by atoms with E-state index in [1.807, 2.05) is 0 Å². The minimum absolute atomic E-state index is 0.0558. The summed E-state index contributed by atoms with van der Waals surface area (Å²) in [6, 6.07) is 0.306. The lowest BCUT2D eigenvalue weighted by Gasteiger charge is -2.25. The highest BCUT2D eigenvalue weighted by Crippen LogP contribution is 2.28. The fourth-order valence-corrected chi connectivity index (χ4v) is 3.46. The smallest absolute Gasteiger partial charge is 0.305 e. The van der Waals surface area contributed by atoms with Gasteiger partial charge in [-0.1, -0.05) is 0 Å². The number of nitrogens with one attached hydrogen (secondary N) is 1. The third kappa shape index (κ3) is 5.03. The van der Waals surface area contributed by atoms with E-state index in [-0.39, 0.29) is 12.3 Å². The van der Waals surface area contributed by atoms with Gasteiger partial charge in [-0.2, -0.15) is 0 Å². The van der Waals surface area contributed by atoms with Crippen LogP contribution in [0, 0.1) is 0 Å². The number of thioether (sulfide) groups is 1. The summed E-state index contributed by atoms with van der Waals surface area (Å²) >= 11 is 1.73. The fraction of sp³-hybridized carbons (Fsp3) is 0.846. The summed E-state index contributed by atoms with van der Waals surface area (Å²) in [5.74, 6) is -0.211. The minimum atomic E-state index is -0.829. The molecule has 0 aromatic rings. The highest BCUT2D eigenvalue weighted by atomic mass is 32.2. The van der Waals surface area contributed by atoms with E-state index in [9.17, 15) is 9.59 Å². The number of piperidine rings is 1. The zero-order valence-corrected chi connectivity index (χ0v) is 12.0. The maximum Gasteiger partial charge on any atom is 0.305 e. The molecule has 0 radical (unpaired) electrons. The van der Waals surface area contributed by atoms with Crippen LogP contribution in [0.1, 0.15) is 32.1 Å². The molecule has 5 nitrogen and oxygen atoms in total. The van der Waals surface area contributed by atoms with Crippen LogP contribution in [0.5, 0.6) is 0 Å². The van der Waals surface area contributed by atoms with Gasteiger partial charge in [0, 0.05) is 17.8 Å². The van der Waals surface area contributed by atoms with Gasteiger partial charge in [0.05, 0.1) is 12.2 Å². The number of carbonyl (C=O) groups is 2. The summed E-state index contributed by atoms with van der Waals surface area (Å²) in [4.78, 5) is 24.6. The summed E-state index contributed by atoms with van der Waals surface area (Å²) in [6.45, 7) is 2.44. The minimum Gasteiger partial charge on any atom is -0.481 e. The van der Waals surface area contributed by atoms with Crippen LogP contribution in [0.3, 0.4) is 0 Å². The number of rotatable bonds is 7. The average molecular weight is 286 g/mol. The van der Waals surface area contributed by atoms with Gasteiger partial charge in [0.25, 0.3) is 0 Å². The van der Waals surface area contributed by atoms with Crippen LogP contribution < -0.4 is 5.32 Å². The van der Waals surface area contributed by atoms with Crippen LogP contribution in [0.15, 0.2) is 0 Å². The van der Waals surface area contributed by atoms with Crippen LogP contribution in [0.25, 0.3) is 0 Å². The van der Waals surface area contributed by atoms with Gasteiger partial charge in [-0.3, -0.25) is 9.59 Å². The Labute approximate surface area is 118 Å². The molecule has 1 saturated carbocycles. The molecule has 0 bridgehead atoms. The molecule has 2 rings (SSSR count). The normalized spacial score (nSPS) is 20.2. The predicted molar refractivity (Wildman–Crippen MR) is 75.3 cm³/mol. The number of carboxylic acid groups (broad SMARTS) is 1. The molecular formula is C13H22N2O3S. The van der Waals surface area contributed by atoms with E-state index in [0.717, 1.165) is 38.8 Å². The fourth-order valence-electron chi connectivity index (χ4n) is 2.35. The third-order valence-electron chi connectivity index (χ3n) is 3.60. The van der Waals surface area contributed by atoms with E-state index in [1.54, 1.807) is 16.7 Å². The Balaban J connectivity index is 1.73. The van der Waals surface area contributed by atoms with Gasteiger partial charge < -0.3 is 15.3 Å². The second kappa shape index (κ2) is 7.14. The van der Waals surface area contributed by atoms with Crippen molar-refractivity contribution in [2.45, 2.75) is 43.4 Å². The van der Waals surface area contributed by atoms with E-state index in [0.29, 0.717) is 23.6 Å². The van der Waals surface area contributed by atoms with Crippen LogP contribution in [-0.4, -0.2) is 58.6 Å². The highest BCUT2D eigenvalue weighted by molar-refractivity contribution is 8.00. The summed E-state index contributed by atoms with van der Waals surface area (Å²) in [5, 5.41) is 12.6.